The van der Waals surface area contributed by atoms with Gasteiger partial charge in [0, 0.05) is 18.0 Å². The molecule has 2 heterocycles. The highest BCUT2D eigenvalue weighted by Crippen LogP contribution is 2.42. The first-order chi connectivity index (χ1) is 17.2. The molecule has 0 spiro atoms. The van der Waals surface area contributed by atoms with Gasteiger partial charge in [-0.05, 0) is 74.2 Å². The van der Waals surface area contributed by atoms with E-state index in [-0.39, 0.29) is 18.4 Å². The number of nitrogens with zero attached hydrogens (tertiary/aromatic N) is 2. The van der Waals surface area contributed by atoms with Crippen molar-refractivity contribution in [1.82, 2.24) is 10.2 Å². The molecule has 2 aromatic rings. The average molecular weight is 518 g/mol. The molecule has 0 aliphatic carbocycles. The van der Waals surface area contributed by atoms with Gasteiger partial charge in [0.25, 0.3) is 5.91 Å². The summed E-state index contributed by atoms with van der Waals surface area (Å²) in [5.74, 6) is 0.114. The highest BCUT2D eigenvalue weighted by Gasteiger charge is 2.31. The van der Waals surface area contributed by atoms with Crippen LogP contribution in [0.2, 0.25) is 0 Å². The minimum atomic E-state index is -4.42. The second-order valence-corrected chi connectivity index (χ2v) is 10.4. The fourth-order valence-electron chi connectivity index (χ4n) is 4.56. The number of hydrogen-bond acceptors (Lipinski definition) is 4. The van der Waals surface area contributed by atoms with Gasteiger partial charge in [0.1, 0.15) is 6.54 Å². The Morgan fingerprint density at radius 1 is 1.17 bits per heavy atom. The highest BCUT2D eigenvalue weighted by atomic mass is 32.2. The number of likely N-dealkylation sites (tertiary alicyclic amines) is 1. The van der Waals surface area contributed by atoms with Gasteiger partial charge in [0.05, 0.1) is 16.2 Å². The molecule has 192 valence electrons. The van der Waals surface area contributed by atoms with Crippen LogP contribution < -0.4 is 10.2 Å². The van der Waals surface area contributed by atoms with E-state index < -0.39 is 11.7 Å². The quantitative estimate of drug-likeness (QED) is 0.394. The van der Waals surface area contributed by atoms with Gasteiger partial charge in [-0.25, -0.2) is 0 Å². The number of hydrogen-bond donors (Lipinski definition) is 1. The van der Waals surface area contributed by atoms with Gasteiger partial charge in [-0.2, -0.15) is 13.2 Å². The van der Waals surface area contributed by atoms with Crippen LogP contribution in [0.25, 0.3) is 6.08 Å². The maximum atomic E-state index is 13.3. The molecule has 36 heavy (non-hydrogen) atoms. The first kappa shape index (κ1) is 26.3. The Bertz CT molecular complexity index is 1120. The Morgan fingerprint density at radius 3 is 2.64 bits per heavy atom. The number of para-hydroxylation sites is 1. The lowest BCUT2D eigenvalue weighted by Crippen LogP contribution is -2.43. The van der Waals surface area contributed by atoms with Crippen molar-refractivity contribution in [2.75, 3.05) is 37.6 Å². The Kier molecular flexibility index (Phi) is 8.41. The van der Waals surface area contributed by atoms with Crippen molar-refractivity contribution >= 4 is 35.3 Å². The van der Waals surface area contributed by atoms with Gasteiger partial charge in [0.2, 0.25) is 5.91 Å². The molecule has 1 fully saturated rings. The minimum absolute atomic E-state index is 0.124. The third-order valence-corrected chi connectivity index (χ3v) is 7.46. The number of rotatable bonds is 7. The molecule has 0 aromatic heterocycles. The summed E-state index contributed by atoms with van der Waals surface area (Å²) in [6.45, 7) is 5.81. The Balaban J connectivity index is 1.40. The van der Waals surface area contributed by atoms with Crippen LogP contribution in [-0.4, -0.2) is 49.4 Å². The molecule has 2 aliphatic rings. The molecular weight excluding hydrogens is 487 g/mol. The summed E-state index contributed by atoms with van der Waals surface area (Å²) in [7, 11) is 0. The van der Waals surface area contributed by atoms with Gasteiger partial charge >= 0.3 is 6.18 Å². The van der Waals surface area contributed by atoms with Gasteiger partial charge in [-0.3, -0.25) is 14.5 Å². The largest absolute Gasteiger partial charge is 0.416 e. The van der Waals surface area contributed by atoms with Crippen molar-refractivity contribution in [3.8, 4) is 0 Å². The van der Waals surface area contributed by atoms with E-state index in [4.69, 9.17) is 0 Å². The van der Waals surface area contributed by atoms with Crippen molar-refractivity contribution in [1.29, 1.82) is 0 Å². The van der Waals surface area contributed by atoms with Crippen molar-refractivity contribution in [2.45, 2.75) is 37.3 Å². The molecule has 1 atom stereocenters. The summed E-state index contributed by atoms with van der Waals surface area (Å²) >= 11 is 1.25. The van der Waals surface area contributed by atoms with E-state index in [2.05, 4.69) is 17.1 Å². The lowest BCUT2D eigenvalue weighted by molar-refractivity contribution is -0.137. The Hall–Kier alpha value is -2.78. The van der Waals surface area contributed by atoms with E-state index in [0.717, 1.165) is 43.1 Å². The zero-order valence-corrected chi connectivity index (χ0v) is 21.0. The summed E-state index contributed by atoms with van der Waals surface area (Å²) in [5, 5.41) is 2.92. The van der Waals surface area contributed by atoms with Gasteiger partial charge < -0.3 is 10.2 Å². The fraction of sp³-hybridized carbons (Fsp3) is 0.407. The molecule has 2 aliphatic heterocycles. The average Bonchev–Trinajstić information content (AvgIpc) is 2.84. The fourth-order valence-corrected chi connectivity index (χ4v) is 5.62. The maximum absolute atomic E-state index is 13.3. The topological polar surface area (TPSA) is 52.7 Å². The third kappa shape index (κ3) is 6.70. The van der Waals surface area contributed by atoms with E-state index >= 15 is 0 Å². The summed E-state index contributed by atoms with van der Waals surface area (Å²) < 4.78 is 38.6. The summed E-state index contributed by atoms with van der Waals surface area (Å²) in [6, 6.07) is 12.0. The molecule has 1 N–H and O–H groups in total. The lowest BCUT2D eigenvalue weighted by Gasteiger charge is -2.31. The number of piperidine rings is 1. The number of amides is 2. The molecule has 2 amide bonds. The number of benzene rings is 2. The number of halogens is 3. The van der Waals surface area contributed by atoms with Crippen LogP contribution in [0.4, 0.5) is 18.9 Å². The maximum Gasteiger partial charge on any atom is 0.416 e. The number of thioether (sulfide) groups is 1. The third-order valence-electron chi connectivity index (χ3n) is 6.38. The SMILES string of the molecule is CC1CCCN(CCCNC(=O)CN2C(=O)/C(=C/c3ccc(C(F)(F)F)cc3)Sc3ccccc32)C1. The van der Waals surface area contributed by atoms with E-state index in [1.165, 1.54) is 41.6 Å². The van der Waals surface area contributed by atoms with Crippen molar-refractivity contribution in [2.24, 2.45) is 5.92 Å². The van der Waals surface area contributed by atoms with Crippen LogP contribution in [0.5, 0.6) is 0 Å². The Labute approximate surface area is 213 Å². The first-order valence-corrected chi connectivity index (χ1v) is 13.0. The number of carbonyl (C=O) groups excluding carboxylic acids is 2. The lowest BCUT2D eigenvalue weighted by atomic mass is 10.0. The molecule has 4 rings (SSSR count). The zero-order chi connectivity index (χ0) is 25.7. The van der Waals surface area contributed by atoms with Crippen LogP contribution in [0, 0.1) is 5.92 Å². The zero-order valence-electron chi connectivity index (χ0n) is 20.2. The van der Waals surface area contributed by atoms with Crippen LogP contribution in [0.3, 0.4) is 0 Å². The second-order valence-electron chi connectivity index (χ2n) is 9.34. The van der Waals surface area contributed by atoms with Crippen LogP contribution in [0.1, 0.15) is 37.3 Å². The molecule has 1 unspecified atom stereocenters. The number of fused-ring (bicyclic) bond motifs is 1. The number of anilines is 1. The molecule has 0 saturated carbocycles. The van der Waals surface area contributed by atoms with Crippen molar-refractivity contribution in [3.63, 3.8) is 0 Å². The Morgan fingerprint density at radius 2 is 1.92 bits per heavy atom. The molecular formula is C27H30F3N3O2S. The van der Waals surface area contributed by atoms with Crippen molar-refractivity contribution in [3.05, 3.63) is 64.6 Å². The summed E-state index contributed by atoms with van der Waals surface area (Å²) in [5.41, 5.74) is 0.384. The van der Waals surface area contributed by atoms with Gasteiger partial charge in [-0.1, -0.05) is 43.0 Å². The van der Waals surface area contributed by atoms with Crippen LogP contribution in [-0.2, 0) is 15.8 Å². The van der Waals surface area contributed by atoms with Gasteiger partial charge in [0.15, 0.2) is 0 Å². The molecule has 2 aromatic carbocycles. The van der Waals surface area contributed by atoms with Crippen LogP contribution >= 0.6 is 11.8 Å². The van der Waals surface area contributed by atoms with E-state index in [9.17, 15) is 22.8 Å². The standard InChI is InChI=1S/C27H30F3N3O2S/c1-19-6-4-14-32(17-19)15-5-13-31-25(34)18-33-22-7-2-3-8-23(22)36-24(26(33)35)16-20-9-11-21(12-10-20)27(28,29)30/h2-3,7-12,16,19H,4-6,13-15,17-18H2,1H3,(H,31,34)/b24-16-. The summed E-state index contributed by atoms with van der Waals surface area (Å²) in [4.78, 5) is 31.0. The molecule has 0 radical (unpaired) electrons. The van der Waals surface area contributed by atoms with E-state index in [1.807, 2.05) is 18.2 Å². The number of carbonyl (C=O) groups is 2. The smallest absolute Gasteiger partial charge is 0.355 e. The minimum Gasteiger partial charge on any atom is -0.355 e. The second kappa shape index (κ2) is 11.5. The first-order valence-electron chi connectivity index (χ1n) is 12.2. The summed E-state index contributed by atoms with van der Waals surface area (Å²) in [6.07, 6.45) is 0.471. The molecule has 0 bridgehead atoms. The highest BCUT2D eigenvalue weighted by molar-refractivity contribution is 8.04. The van der Waals surface area contributed by atoms with Crippen molar-refractivity contribution < 1.29 is 22.8 Å². The molecule has 9 heteroatoms. The monoisotopic (exact) mass is 517 g/mol. The van der Waals surface area contributed by atoms with Crippen LogP contribution in [0.15, 0.2) is 58.3 Å². The predicted octanol–water partition coefficient (Wildman–Crippen LogP) is 5.42. The van der Waals surface area contributed by atoms with Gasteiger partial charge in [-0.15, -0.1) is 0 Å². The number of nitrogens with one attached hydrogen (secondary N) is 1. The number of alkyl halides is 3. The van der Waals surface area contributed by atoms with E-state index in [1.54, 1.807) is 12.1 Å². The molecule has 1 saturated heterocycles. The predicted molar refractivity (Wildman–Crippen MR) is 137 cm³/mol. The molecule has 5 nitrogen and oxygen atoms in total. The normalized spacial score (nSPS) is 19.9. The van der Waals surface area contributed by atoms with E-state index in [0.29, 0.717) is 28.6 Å².